The number of benzene rings is 1. The maximum Gasteiger partial charge on any atom is 0.164 e. The Morgan fingerprint density at radius 3 is 2.76 bits per heavy atom. The molecular weight excluding hydrogens is 309 g/mol. The Hall–Kier alpha value is -1.32. The zero-order chi connectivity index (χ0) is 15.4. The number of hydrogen-bond donors (Lipinski definition) is 0. The van der Waals surface area contributed by atoms with Crippen molar-refractivity contribution in [2.45, 2.75) is 33.1 Å². The van der Waals surface area contributed by atoms with Gasteiger partial charge in [0.15, 0.2) is 5.75 Å². The predicted octanol–water partition coefficient (Wildman–Crippen LogP) is 4.99. The predicted molar refractivity (Wildman–Crippen MR) is 86.5 cm³/mol. The molecule has 0 bridgehead atoms. The second kappa shape index (κ2) is 7.10. The van der Waals surface area contributed by atoms with Crippen molar-refractivity contribution in [1.82, 2.24) is 4.98 Å². The monoisotopic (exact) mass is 325 g/mol. The molecule has 0 saturated carbocycles. The Morgan fingerprint density at radius 1 is 1.29 bits per heavy atom. The van der Waals surface area contributed by atoms with E-state index in [0.29, 0.717) is 47.2 Å². The fourth-order valence-corrected chi connectivity index (χ4v) is 2.62. The Balaban J connectivity index is 2.22. The topological polar surface area (TPSA) is 39.2 Å². The molecule has 5 heteroatoms. The van der Waals surface area contributed by atoms with Crippen LogP contribution in [0.15, 0.2) is 18.2 Å². The summed E-state index contributed by atoms with van der Waals surface area (Å²) in [5.41, 5.74) is 1.53. The van der Waals surface area contributed by atoms with Gasteiger partial charge in [0, 0.05) is 23.9 Å². The molecule has 1 heterocycles. The number of aryl methyl sites for hydroxylation is 1. The van der Waals surface area contributed by atoms with Gasteiger partial charge >= 0.3 is 0 Å². The maximum absolute atomic E-state index is 11.3. The van der Waals surface area contributed by atoms with E-state index in [-0.39, 0.29) is 5.78 Å². The molecule has 0 fully saturated rings. The van der Waals surface area contributed by atoms with Gasteiger partial charge in [-0.2, -0.15) is 0 Å². The molecule has 1 aromatic carbocycles. The Bertz CT molecular complexity index is 671. The summed E-state index contributed by atoms with van der Waals surface area (Å²) in [6, 6.07) is 5.46. The van der Waals surface area contributed by atoms with Gasteiger partial charge in [0.25, 0.3) is 0 Å². The van der Waals surface area contributed by atoms with Crippen molar-refractivity contribution in [2.75, 3.05) is 6.61 Å². The highest BCUT2D eigenvalue weighted by Gasteiger charge is 2.13. The van der Waals surface area contributed by atoms with Crippen LogP contribution in [0.1, 0.15) is 31.9 Å². The number of ether oxygens (including phenoxy) is 1. The molecule has 0 aliphatic rings. The van der Waals surface area contributed by atoms with Crippen LogP contribution in [0.3, 0.4) is 0 Å². The lowest BCUT2D eigenvalue weighted by molar-refractivity contribution is -0.118. The Labute approximate surface area is 134 Å². The number of nitrogens with zero attached hydrogens (tertiary/aromatic N) is 1. The average Bonchev–Trinajstić information content (AvgIpc) is 2.45. The first kappa shape index (κ1) is 16.1. The van der Waals surface area contributed by atoms with Gasteiger partial charge in [-0.3, -0.25) is 4.79 Å². The van der Waals surface area contributed by atoms with Crippen LogP contribution in [0.25, 0.3) is 10.9 Å². The number of rotatable bonds is 6. The van der Waals surface area contributed by atoms with Crippen LogP contribution in [0.5, 0.6) is 5.75 Å². The normalized spacial score (nSPS) is 10.9. The first-order valence-corrected chi connectivity index (χ1v) is 7.68. The molecule has 0 spiro atoms. The van der Waals surface area contributed by atoms with E-state index in [1.807, 2.05) is 26.0 Å². The Morgan fingerprint density at radius 2 is 2.05 bits per heavy atom. The molecule has 3 nitrogen and oxygen atoms in total. The van der Waals surface area contributed by atoms with E-state index in [9.17, 15) is 4.79 Å². The van der Waals surface area contributed by atoms with Crippen molar-refractivity contribution in [3.05, 3.63) is 33.9 Å². The highest BCUT2D eigenvalue weighted by Crippen LogP contribution is 2.37. The average molecular weight is 326 g/mol. The summed E-state index contributed by atoms with van der Waals surface area (Å²) in [6.07, 6.45) is 1.75. The molecule has 0 aliphatic heterocycles. The molecular formula is C16H17Cl2NO2. The molecule has 1 aromatic heterocycles. The summed E-state index contributed by atoms with van der Waals surface area (Å²) in [5, 5.41) is 1.80. The van der Waals surface area contributed by atoms with Crippen LogP contribution in [0.4, 0.5) is 0 Å². The second-order valence-corrected chi connectivity index (χ2v) is 5.68. The molecule has 0 amide bonds. The summed E-state index contributed by atoms with van der Waals surface area (Å²) >= 11 is 12.4. The summed E-state index contributed by atoms with van der Waals surface area (Å²) in [4.78, 5) is 15.7. The number of ketones is 1. The van der Waals surface area contributed by atoms with Crippen LogP contribution in [-0.2, 0) is 4.79 Å². The minimum Gasteiger partial charge on any atom is -0.490 e. The zero-order valence-corrected chi connectivity index (χ0v) is 13.6. The van der Waals surface area contributed by atoms with E-state index in [4.69, 9.17) is 27.9 Å². The van der Waals surface area contributed by atoms with Gasteiger partial charge < -0.3 is 4.74 Å². The molecule has 0 saturated heterocycles. The third kappa shape index (κ3) is 3.86. The second-order valence-electron chi connectivity index (χ2n) is 4.86. The number of hydrogen-bond acceptors (Lipinski definition) is 3. The van der Waals surface area contributed by atoms with E-state index in [0.717, 1.165) is 11.1 Å². The number of pyridine rings is 1. The molecule has 2 aromatic rings. The molecule has 0 N–H and O–H groups in total. The fourth-order valence-electron chi connectivity index (χ4n) is 2.05. The molecule has 21 heavy (non-hydrogen) atoms. The van der Waals surface area contributed by atoms with Gasteiger partial charge in [0.05, 0.1) is 16.7 Å². The first-order valence-electron chi connectivity index (χ1n) is 6.92. The van der Waals surface area contributed by atoms with Gasteiger partial charge in [0.2, 0.25) is 0 Å². The SMILES string of the molecule is CCC(=O)CCCOc1c(Cl)cc(Cl)c2ccc(C)nc12. The minimum atomic E-state index is 0.236. The molecule has 0 aliphatic carbocycles. The molecule has 0 unspecified atom stereocenters. The van der Waals surface area contributed by atoms with Gasteiger partial charge in [0.1, 0.15) is 11.3 Å². The van der Waals surface area contributed by atoms with Crippen molar-refractivity contribution in [2.24, 2.45) is 0 Å². The third-order valence-electron chi connectivity index (χ3n) is 3.22. The highest BCUT2D eigenvalue weighted by molar-refractivity contribution is 6.39. The van der Waals surface area contributed by atoms with Crippen LogP contribution in [-0.4, -0.2) is 17.4 Å². The van der Waals surface area contributed by atoms with Crippen molar-refractivity contribution < 1.29 is 9.53 Å². The van der Waals surface area contributed by atoms with E-state index >= 15 is 0 Å². The van der Waals surface area contributed by atoms with E-state index in [2.05, 4.69) is 4.98 Å². The Kier molecular flexibility index (Phi) is 5.43. The van der Waals surface area contributed by atoms with Crippen molar-refractivity contribution in [3.8, 4) is 5.75 Å². The zero-order valence-electron chi connectivity index (χ0n) is 12.1. The van der Waals surface area contributed by atoms with Gasteiger partial charge in [-0.05, 0) is 31.5 Å². The summed E-state index contributed by atoms with van der Waals surface area (Å²) in [6.45, 7) is 4.19. The minimum absolute atomic E-state index is 0.236. The standard InChI is InChI=1S/C16H17Cl2NO2/c1-3-11(20)5-4-8-21-16-14(18)9-13(17)12-7-6-10(2)19-15(12)16/h6-7,9H,3-5,8H2,1-2H3. The fraction of sp³-hybridized carbons (Fsp3) is 0.375. The van der Waals surface area contributed by atoms with E-state index in [1.165, 1.54) is 0 Å². The number of halogens is 2. The number of carbonyl (C=O) groups excluding carboxylic acids is 1. The van der Waals surface area contributed by atoms with Crippen molar-refractivity contribution >= 4 is 39.9 Å². The number of Topliss-reactive ketones (excluding diaryl/α,β-unsaturated/α-hetero) is 1. The first-order chi connectivity index (χ1) is 10.0. The van der Waals surface area contributed by atoms with Gasteiger partial charge in [-0.25, -0.2) is 4.98 Å². The van der Waals surface area contributed by atoms with Crippen LogP contribution < -0.4 is 4.74 Å². The van der Waals surface area contributed by atoms with E-state index in [1.54, 1.807) is 6.07 Å². The largest absolute Gasteiger partial charge is 0.490 e. The van der Waals surface area contributed by atoms with Gasteiger partial charge in [-0.1, -0.05) is 30.1 Å². The quantitative estimate of drug-likeness (QED) is 0.702. The van der Waals surface area contributed by atoms with Gasteiger partial charge in [-0.15, -0.1) is 0 Å². The van der Waals surface area contributed by atoms with E-state index < -0.39 is 0 Å². The lowest BCUT2D eigenvalue weighted by Crippen LogP contribution is -2.03. The number of aromatic nitrogens is 1. The summed E-state index contributed by atoms with van der Waals surface area (Å²) < 4.78 is 5.75. The molecule has 112 valence electrons. The number of carbonyl (C=O) groups is 1. The van der Waals surface area contributed by atoms with Crippen LogP contribution in [0.2, 0.25) is 10.0 Å². The lowest BCUT2D eigenvalue weighted by Gasteiger charge is -2.12. The maximum atomic E-state index is 11.3. The number of fused-ring (bicyclic) bond motifs is 1. The highest BCUT2D eigenvalue weighted by atomic mass is 35.5. The molecule has 0 radical (unpaired) electrons. The third-order valence-corrected chi connectivity index (χ3v) is 3.81. The van der Waals surface area contributed by atoms with Crippen LogP contribution >= 0.6 is 23.2 Å². The van der Waals surface area contributed by atoms with Crippen molar-refractivity contribution in [1.29, 1.82) is 0 Å². The summed E-state index contributed by atoms with van der Waals surface area (Å²) in [7, 11) is 0. The van der Waals surface area contributed by atoms with Crippen LogP contribution in [0, 0.1) is 6.92 Å². The summed E-state index contributed by atoms with van der Waals surface area (Å²) in [5.74, 6) is 0.767. The molecule has 2 rings (SSSR count). The lowest BCUT2D eigenvalue weighted by atomic mass is 10.2. The molecule has 0 atom stereocenters. The smallest absolute Gasteiger partial charge is 0.164 e. The van der Waals surface area contributed by atoms with Crippen molar-refractivity contribution in [3.63, 3.8) is 0 Å².